The van der Waals surface area contributed by atoms with Crippen LogP contribution in [-0.4, -0.2) is 67.2 Å². The summed E-state index contributed by atoms with van der Waals surface area (Å²) in [6, 6.07) is 4.83. The summed E-state index contributed by atoms with van der Waals surface area (Å²) in [7, 11) is 0. The molecular formula is C21H32N4O4. The van der Waals surface area contributed by atoms with Crippen molar-refractivity contribution in [3.8, 4) is 0 Å². The van der Waals surface area contributed by atoms with Gasteiger partial charge in [0, 0.05) is 50.9 Å². The van der Waals surface area contributed by atoms with Crippen LogP contribution in [0.3, 0.4) is 0 Å². The van der Waals surface area contributed by atoms with Gasteiger partial charge in [-0.25, -0.2) is 0 Å². The molecule has 1 amide bonds. The van der Waals surface area contributed by atoms with Gasteiger partial charge in [-0.15, -0.1) is 0 Å². The average Bonchev–Trinajstić information content (AvgIpc) is 2.96. The Morgan fingerprint density at radius 2 is 1.83 bits per heavy atom. The fourth-order valence-electron chi connectivity index (χ4n) is 4.29. The zero-order chi connectivity index (χ0) is 20.8. The summed E-state index contributed by atoms with van der Waals surface area (Å²) in [5, 5.41) is 14.5. The summed E-state index contributed by atoms with van der Waals surface area (Å²) in [4.78, 5) is 28.1. The molecule has 2 fully saturated rings. The summed E-state index contributed by atoms with van der Waals surface area (Å²) in [5.41, 5.74) is 0.958. The molecule has 1 N–H and O–H groups in total. The van der Waals surface area contributed by atoms with Crippen LogP contribution in [0.15, 0.2) is 18.2 Å². The van der Waals surface area contributed by atoms with Crippen LogP contribution in [0, 0.1) is 10.1 Å². The van der Waals surface area contributed by atoms with E-state index in [1.165, 1.54) is 6.07 Å². The first kappa shape index (κ1) is 21.5. The first-order chi connectivity index (χ1) is 13.9. The van der Waals surface area contributed by atoms with Gasteiger partial charge in [0.15, 0.2) is 0 Å². The molecule has 2 atom stereocenters. The highest BCUT2D eigenvalue weighted by Gasteiger charge is 2.24. The minimum absolute atomic E-state index is 0.00961. The number of anilines is 1. The molecular weight excluding hydrogens is 372 g/mol. The van der Waals surface area contributed by atoms with Crippen molar-refractivity contribution in [2.75, 3.05) is 44.2 Å². The number of carbonyl (C=O) groups is 1. The second kappa shape index (κ2) is 10.0. The highest BCUT2D eigenvalue weighted by atomic mass is 16.6. The number of hydrogen-bond acceptors (Lipinski definition) is 6. The van der Waals surface area contributed by atoms with Gasteiger partial charge in [-0.1, -0.05) is 12.8 Å². The quantitative estimate of drug-likeness (QED) is 0.579. The minimum Gasteiger partial charge on any atom is -0.373 e. The van der Waals surface area contributed by atoms with Gasteiger partial charge in [0.1, 0.15) is 5.69 Å². The van der Waals surface area contributed by atoms with Crippen LogP contribution < -0.4 is 10.2 Å². The molecule has 2 aliphatic rings. The molecule has 0 aliphatic carbocycles. The van der Waals surface area contributed by atoms with Crippen molar-refractivity contribution in [1.82, 2.24) is 10.2 Å². The van der Waals surface area contributed by atoms with E-state index in [2.05, 4.69) is 15.1 Å². The van der Waals surface area contributed by atoms with Crippen LogP contribution in [0.5, 0.6) is 0 Å². The lowest BCUT2D eigenvalue weighted by Gasteiger charge is -2.35. The Labute approximate surface area is 172 Å². The number of morpholine rings is 1. The molecule has 8 nitrogen and oxygen atoms in total. The SMILES string of the molecule is CC1CN(CCNC(=O)c2ccc(N3CCCCCC3)c([N+](=O)[O-])c2)CC(C)O1. The molecule has 2 unspecified atom stereocenters. The molecule has 0 aromatic heterocycles. The fraction of sp³-hybridized carbons (Fsp3) is 0.667. The van der Waals surface area contributed by atoms with E-state index in [1.807, 2.05) is 13.8 Å². The highest BCUT2D eigenvalue weighted by Crippen LogP contribution is 2.31. The van der Waals surface area contributed by atoms with Crippen LogP contribution in [0.4, 0.5) is 11.4 Å². The second-order valence-corrected chi connectivity index (χ2v) is 8.13. The number of carbonyl (C=O) groups excluding carboxylic acids is 1. The van der Waals surface area contributed by atoms with Crippen LogP contribution in [0.2, 0.25) is 0 Å². The number of ether oxygens (including phenoxy) is 1. The van der Waals surface area contributed by atoms with Crippen molar-refractivity contribution in [3.63, 3.8) is 0 Å². The van der Waals surface area contributed by atoms with Crippen molar-refractivity contribution < 1.29 is 14.5 Å². The average molecular weight is 405 g/mol. The lowest BCUT2D eigenvalue weighted by Crippen LogP contribution is -2.47. The van der Waals surface area contributed by atoms with Crippen LogP contribution in [-0.2, 0) is 4.74 Å². The third-order valence-corrected chi connectivity index (χ3v) is 5.59. The normalized spacial score (nSPS) is 23.4. The van der Waals surface area contributed by atoms with E-state index in [4.69, 9.17) is 4.74 Å². The van der Waals surface area contributed by atoms with Crippen molar-refractivity contribution >= 4 is 17.3 Å². The Balaban J connectivity index is 1.61. The predicted molar refractivity (Wildman–Crippen MR) is 113 cm³/mol. The molecule has 1 aromatic carbocycles. The maximum Gasteiger partial charge on any atom is 0.293 e. The summed E-state index contributed by atoms with van der Waals surface area (Å²) in [5.74, 6) is -0.273. The van der Waals surface area contributed by atoms with Gasteiger partial charge in [0.05, 0.1) is 17.1 Å². The molecule has 1 aromatic rings. The lowest BCUT2D eigenvalue weighted by molar-refractivity contribution is -0.384. The van der Waals surface area contributed by atoms with Gasteiger partial charge < -0.3 is 15.0 Å². The number of benzene rings is 1. The first-order valence-electron chi connectivity index (χ1n) is 10.6. The minimum atomic E-state index is -0.381. The summed E-state index contributed by atoms with van der Waals surface area (Å²) in [6.07, 6.45) is 4.76. The molecule has 160 valence electrons. The molecule has 0 radical (unpaired) electrons. The molecule has 2 saturated heterocycles. The molecule has 3 rings (SSSR count). The molecule has 2 heterocycles. The Bertz CT molecular complexity index is 709. The molecule has 0 saturated carbocycles. The van der Waals surface area contributed by atoms with E-state index in [0.717, 1.165) is 58.4 Å². The zero-order valence-corrected chi connectivity index (χ0v) is 17.4. The zero-order valence-electron chi connectivity index (χ0n) is 17.4. The van der Waals surface area contributed by atoms with Gasteiger partial charge in [0.25, 0.3) is 11.6 Å². The summed E-state index contributed by atoms with van der Waals surface area (Å²) >= 11 is 0. The number of hydrogen-bond donors (Lipinski definition) is 1. The van der Waals surface area contributed by atoms with Gasteiger partial charge in [-0.3, -0.25) is 19.8 Å². The third-order valence-electron chi connectivity index (χ3n) is 5.59. The topological polar surface area (TPSA) is 88.0 Å². The monoisotopic (exact) mass is 404 g/mol. The van der Waals surface area contributed by atoms with Crippen LogP contribution >= 0.6 is 0 Å². The molecule has 2 aliphatic heterocycles. The van der Waals surface area contributed by atoms with E-state index >= 15 is 0 Å². The van der Waals surface area contributed by atoms with Crippen LogP contribution in [0.25, 0.3) is 0 Å². The number of rotatable bonds is 6. The number of nitrogens with zero attached hydrogens (tertiary/aromatic N) is 3. The number of nitrogens with one attached hydrogen (secondary N) is 1. The smallest absolute Gasteiger partial charge is 0.293 e. The van der Waals surface area contributed by atoms with E-state index in [1.54, 1.807) is 12.1 Å². The first-order valence-corrected chi connectivity index (χ1v) is 10.6. The maximum atomic E-state index is 12.5. The number of amides is 1. The fourth-order valence-corrected chi connectivity index (χ4v) is 4.29. The van der Waals surface area contributed by atoms with Crippen LogP contribution in [0.1, 0.15) is 49.9 Å². The van der Waals surface area contributed by atoms with E-state index < -0.39 is 0 Å². The molecule has 8 heteroatoms. The van der Waals surface area contributed by atoms with Crippen molar-refractivity contribution in [1.29, 1.82) is 0 Å². The lowest BCUT2D eigenvalue weighted by atomic mass is 10.1. The van der Waals surface area contributed by atoms with Crippen molar-refractivity contribution in [2.45, 2.75) is 51.7 Å². The van der Waals surface area contributed by atoms with E-state index in [-0.39, 0.29) is 28.7 Å². The maximum absolute atomic E-state index is 12.5. The molecule has 0 spiro atoms. The Hall–Kier alpha value is -2.19. The van der Waals surface area contributed by atoms with E-state index in [9.17, 15) is 14.9 Å². The number of nitro groups is 1. The van der Waals surface area contributed by atoms with Crippen molar-refractivity contribution in [2.24, 2.45) is 0 Å². The molecule has 29 heavy (non-hydrogen) atoms. The van der Waals surface area contributed by atoms with Gasteiger partial charge in [0.2, 0.25) is 0 Å². The summed E-state index contributed by atoms with van der Waals surface area (Å²) in [6.45, 7) is 8.66. The second-order valence-electron chi connectivity index (χ2n) is 8.13. The highest BCUT2D eigenvalue weighted by molar-refractivity contribution is 5.95. The Morgan fingerprint density at radius 3 is 2.45 bits per heavy atom. The van der Waals surface area contributed by atoms with E-state index in [0.29, 0.717) is 17.8 Å². The third kappa shape index (κ3) is 5.90. The standard InChI is InChI=1S/C21H32N4O4/c1-16-14-23(15-17(2)29-16)12-9-22-21(26)18-7-8-19(20(13-18)25(27)28)24-10-5-3-4-6-11-24/h7-8,13,16-17H,3-6,9-12,14-15H2,1-2H3,(H,22,26). The Morgan fingerprint density at radius 1 is 1.17 bits per heavy atom. The summed E-state index contributed by atoms with van der Waals surface area (Å²) < 4.78 is 5.72. The largest absolute Gasteiger partial charge is 0.373 e. The van der Waals surface area contributed by atoms with Gasteiger partial charge >= 0.3 is 0 Å². The van der Waals surface area contributed by atoms with Gasteiger partial charge in [-0.2, -0.15) is 0 Å². The van der Waals surface area contributed by atoms with Gasteiger partial charge in [-0.05, 0) is 38.8 Å². The predicted octanol–water partition coefficient (Wildman–Crippen LogP) is 2.81. The molecule has 0 bridgehead atoms. The van der Waals surface area contributed by atoms with Crippen molar-refractivity contribution in [3.05, 3.63) is 33.9 Å². The Kier molecular flexibility index (Phi) is 7.44. The number of nitro benzene ring substituents is 1.